The van der Waals surface area contributed by atoms with Crippen LogP contribution in [0.1, 0.15) is 30.1 Å². The van der Waals surface area contributed by atoms with Crippen LogP contribution in [-0.4, -0.2) is 29.0 Å². The van der Waals surface area contributed by atoms with Crippen LogP contribution in [0.15, 0.2) is 18.2 Å². The molecule has 1 atom stereocenters. The number of rotatable bonds is 1. The zero-order chi connectivity index (χ0) is 12.4. The molecule has 92 valence electrons. The third kappa shape index (κ3) is 2.91. The number of hydrogen-bond acceptors (Lipinski definition) is 2. The monoisotopic (exact) mass is 345 g/mol. The van der Waals surface area contributed by atoms with Gasteiger partial charge in [0.1, 0.15) is 5.75 Å². The number of phenols is 1. The van der Waals surface area contributed by atoms with Gasteiger partial charge >= 0.3 is 0 Å². The molecule has 2 rings (SSSR count). The van der Waals surface area contributed by atoms with Gasteiger partial charge in [-0.1, -0.05) is 6.92 Å². The highest BCUT2D eigenvalue weighted by molar-refractivity contribution is 14.1. The minimum atomic E-state index is 0.0308. The van der Waals surface area contributed by atoms with Crippen molar-refractivity contribution in [1.82, 2.24) is 4.90 Å². The number of aromatic hydroxyl groups is 1. The smallest absolute Gasteiger partial charge is 0.253 e. The fraction of sp³-hybridized carbons (Fsp3) is 0.462. The van der Waals surface area contributed by atoms with Crippen LogP contribution in [0.2, 0.25) is 0 Å². The highest BCUT2D eigenvalue weighted by Gasteiger charge is 2.22. The first-order chi connectivity index (χ1) is 8.08. The Morgan fingerprint density at radius 3 is 2.94 bits per heavy atom. The van der Waals surface area contributed by atoms with Crippen molar-refractivity contribution in [3.63, 3.8) is 0 Å². The maximum absolute atomic E-state index is 12.2. The standard InChI is InChI=1S/C13H16INO2/c1-9-3-2-6-15(8-9)13(17)10-4-5-11(14)12(16)7-10/h4-5,7,9,16H,2-3,6,8H2,1H3. The lowest BCUT2D eigenvalue weighted by Crippen LogP contribution is -2.39. The van der Waals surface area contributed by atoms with E-state index in [1.54, 1.807) is 18.2 Å². The van der Waals surface area contributed by atoms with E-state index in [0.717, 1.165) is 23.1 Å². The number of nitrogens with zero attached hydrogens (tertiary/aromatic N) is 1. The number of amides is 1. The Balaban J connectivity index is 2.15. The summed E-state index contributed by atoms with van der Waals surface area (Å²) < 4.78 is 0.770. The Kier molecular flexibility index (Phi) is 3.91. The molecule has 0 saturated carbocycles. The molecule has 3 nitrogen and oxygen atoms in total. The molecule has 1 aromatic carbocycles. The Hall–Kier alpha value is -0.780. The lowest BCUT2D eigenvalue weighted by atomic mass is 9.99. The van der Waals surface area contributed by atoms with Gasteiger partial charge in [-0.25, -0.2) is 0 Å². The van der Waals surface area contributed by atoms with Crippen molar-refractivity contribution >= 4 is 28.5 Å². The van der Waals surface area contributed by atoms with Gasteiger partial charge in [-0.15, -0.1) is 0 Å². The van der Waals surface area contributed by atoms with Crippen molar-refractivity contribution in [2.75, 3.05) is 13.1 Å². The van der Waals surface area contributed by atoms with Crippen molar-refractivity contribution < 1.29 is 9.90 Å². The van der Waals surface area contributed by atoms with E-state index in [-0.39, 0.29) is 11.7 Å². The molecule has 0 aromatic heterocycles. The summed E-state index contributed by atoms with van der Waals surface area (Å²) in [5.74, 6) is 0.787. The summed E-state index contributed by atoms with van der Waals surface area (Å²) >= 11 is 2.05. The minimum absolute atomic E-state index is 0.0308. The predicted molar refractivity (Wildman–Crippen MR) is 75.1 cm³/mol. The number of likely N-dealkylation sites (tertiary alicyclic amines) is 1. The van der Waals surface area contributed by atoms with Gasteiger partial charge in [-0.05, 0) is 59.5 Å². The van der Waals surface area contributed by atoms with Crippen LogP contribution in [0.25, 0.3) is 0 Å². The minimum Gasteiger partial charge on any atom is -0.507 e. The van der Waals surface area contributed by atoms with Crippen LogP contribution in [-0.2, 0) is 0 Å². The van der Waals surface area contributed by atoms with Gasteiger partial charge in [-0.2, -0.15) is 0 Å². The zero-order valence-corrected chi connectivity index (χ0v) is 12.0. The van der Waals surface area contributed by atoms with E-state index in [1.165, 1.54) is 6.42 Å². The van der Waals surface area contributed by atoms with Crippen LogP contribution in [0.4, 0.5) is 0 Å². The van der Waals surface area contributed by atoms with E-state index in [0.29, 0.717) is 11.5 Å². The Morgan fingerprint density at radius 1 is 1.53 bits per heavy atom. The van der Waals surface area contributed by atoms with Gasteiger partial charge in [0.2, 0.25) is 0 Å². The van der Waals surface area contributed by atoms with E-state index in [2.05, 4.69) is 6.92 Å². The van der Waals surface area contributed by atoms with E-state index >= 15 is 0 Å². The lowest BCUT2D eigenvalue weighted by Gasteiger charge is -2.31. The van der Waals surface area contributed by atoms with Crippen LogP contribution in [0.5, 0.6) is 5.75 Å². The normalized spacial score (nSPS) is 20.4. The van der Waals surface area contributed by atoms with Crippen molar-refractivity contribution in [3.05, 3.63) is 27.3 Å². The Morgan fingerprint density at radius 2 is 2.29 bits per heavy atom. The number of benzene rings is 1. The first-order valence-electron chi connectivity index (χ1n) is 5.85. The summed E-state index contributed by atoms with van der Waals surface area (Å²) in [6, 6.07) is 5.11. The molecule has 0 radical (unpaired) electrons. The van der Waals surface area contributed by atoms with Crippen molar-refractivity contribution in [2.24, 2.45) is 5.92 Å². The molecule has 0 spiro atoms. The summed E-state index contributed by atoms with van der Waals surface area (Å²) in [7, 11) is 0. The van der Waals surface area contributed by atoms with Gasteiger partial charge in [-0.3, -0.25) is 4.79 Å². The number of carbonyl (C=O) groups is 1. The van der Waals surface area contributed by atoms with Crippen molar-refractivity contribution in [3.8, 4) is 5.75 Å². The average molecular weight is 345 g/mol. The number of halogens is 1. The number of piperidine rings is 1. The SMILES string of the molecule is CC1CCCN(C(=O)c2ccc(I)c(O)c2)C1. The molecule has 1 saturated heterocycles. The average Bonchev–Trinajstić information content (AvgIpc) is 2.32. The predicted octanol–water partition coefficient (Wildman–Crippen LogP) is 2.87. The third-order valence-electron chi connectivity index (χ3n) is 3.14. The van der Waals surface area contributed by atoms with Gasteiger partial charge in [0.05, 0.1) is 3.57 Å². The summed E-state index contributed by atoms with van der Waals surface area (Å²) in [5.41, 5.74) is 0.581. The summed E-state index contributed by atoms with van der Waals surface area (Å²) in [4.78, 5) is 14.1. The van der Waals surface area contributed by atoms with E-state index in [4.69, 9.17) is 0 Å². The van der Waals surface area contributed by atoms with Gasteiger partial charge in [0.15, 0.2) is 0 Å². The fourth-order valence-electron chi connectivity index (χ4n) is 2.20. The summed E-state index contributed by atoms with van der Waals surface area (Å²) in [6.07, 6.45) is 2.27. The van der Waals surface area contributed by atoms with E-state index in [1.807, 2.05) is 27.5 Å². The molecule has 1 amide bonds. The number of carbonyl (C=O) groups excluding carboxylic acids is 1. The number of phenolic OH excluding ortho intramolecular Hbond substituents is 1. The van der Waals surface area contributed by atoms with Crippen LogP contribution in [0, 0.1) is 9.49 Å². The van der Waals surface area contributed by atoms with Gasteiger partial charge in [0.25, 0.3) is 5.91 Å². The summed E-state index contributed by atoms with van der Waals surface area (Å²) in [5, 5.41) is 9.62. The second kappa shape index (κ2) is 5.25. The molecule has 1 fully saturated rings. The third-order valence-corrected chi connectivity index (χ3v) is 4.05. The molecule has 1 aromatic rings. The quantitative estimate of drug-likeness (QED) is 0.796. The Labute approximate surface area is 115 Å². The van der Waals surface area contributed by atoms with Gasteiger partial charge < -0.3 is 10.0 Å². The second-order valence-corrected chi connectivity index (χ2v) is 5.83. The number of hydrogen-bond donors (Lipinski definition) is 1. The highest BCUT2D eigenvalue weighted by atomic mass is 127. The maximum Gasteiger partial charge on any atom is 0.253 e. The first kappa shape index (κ1) is 12.7. The molecule has 4 heteroatoms. The van der Waals surface area contributed by atoms with Crippen molar-refractivity contribution in [1.29, 1.82) is 0 Å². The first-order valence-corrected chi connectivity index (χ1v) is 6.93. The summed E-state index contributed by atoms with van der Waals surface area (Å²) in [6.45, 7) is 3.83. The van der Waals surface area contributed by atoms with Gasteiger partial charge in [0, 0.05) is 18.7 Å². The molecule has 1 aliphatic heterocycles. The Bertz CT molecular complexity index is 433. The molecule has 1 N–H and O–H groups in total. The highest BCUT2D eigenvalue weighted by Crippen LogP contribution is 2.23. The maximum atomic E-state index is 12.2. The zero-order valence-electron chi connectivity index (χ0n) is 9.82. The molecule has 1 unspecified atom stereocenters. The van der Waals surface area contributed by atoms with Crippen LogP contribution in [0.3, 0.4) is 0 Å². The topological polar surface area (TPSA) is 40.5 Å². The van der Waals surface area contributed by atoms with Crippen LogP contribution < -0.4 is 0 Å². The second-order valence-electron chi connectivity index (χ2n) is 4.66. The molecular formula is C13H16INO2. The van der Waals surface area contributed by atoms with Crippen LogP contribution >= 0.6 is 22.6 Å². The molecular weight excluding hydrogens is 329 g/mol. The fourth-order valence-corrected chi connectivity index (χ4v) is 2.54. The van der Waals surface area contributed by atoms with Crippen molar-refractivity contribution in [2.45, 2.75) is 19.8 Å². The molecule has 1 aliphatic rings. The van der Waals surface area contributed by atoms with E-state index < -0.39 is 0 Å². The molecule has 1 heterocycles. The molecule has 0 bridgehead atoms. The molecule has 0 aliphatic carbocycles. The molecule has 17 heavy (non-hydrogen) atoms. The van der Waals surface area contributed by atoms with E-state index in [9.17, 15) is 9.90 Å². The lowest BCUT2D eigenvalue weighted by molar-refractivity contribution is 0.0682. The largest absolute Gasteiger partial charge is 0.507 e.